The van der Waals surface area contributed by atoms with Gasteiger partial charge in [-0.05, 0) is 19.4 Å². The SMILES string of the molecule is C=C[C@@H]1C[C@@H](N)CN(C)C1. The number of nitrogens with two attached hydrogens (primary N) is 1. The van der Waals surface area contributed by atoms with Crippen LogP contribution in [-0.4, -0.2) is 31.1 Å². The number of piperidine rings is 1. The highest BCUT2D eigenvalue weighted by Crippen LogP contribution is 2.14. The standard InChI is InChI=1S/C8H16N2/c1-3-7-4-8(9)6-10(2)5-7/h3,7-8H,1,4-6,9H2,2H3/t7-,8-/m1/s1. The summed E-state index contributed by atoms with van der Waals surface area (Å²) >= 11 is 0. The lowest BCUT2D eigenvalue weighted by Gasteiger charge is -2.32. The summed E-state index contributed by atoms with van der Waals surface area (Å²) in [5.74, 6) is 0.605. The molecule has 0 aliphatic carbocycles. The van der Waals surface area contributed by atoms with E-state index in [2.05, 4.69) is 18.5 Å². The highest BCUT2D eigenvalue weighted by Gasteiger charge is 2.19. The summed E-state index contributed by atoms with van der Waals surface area (Å²) in [7, 11) is 2.11. The van der Waals surface area contributed by atoms with Crippen molar-refractivity contribution in [1.29, 1.82) is 0 Å². The van der Waals surface area contributed by atoms with Crippen molar-refractivity contribution in [2.45, 2.75) is 12.5 Å². The molecule has 0 aromatic heterocycles. The molecule has 58 valence electrons. The zero-order valence-electron chi connectivity index (χ0n) is 6.59. The van der Waals surface area contributed by atoms with Crippen molar-refractivity contribution in [3.63, 3.8) is 0 Å². The van der Waals surface area contributed by atoms with Crippen molar-refractivity contribution in [2.24, 2.45) is 11.7 Å². The van der Waals surface area contributed by atoms with Crippen LogP contribution < -0.4 is 5.73 Å². The Morgan fingerprint density at radius 3 is 2.80 bits per heavy atom. The van der Waals surface area contributed by atoms with Gasteiger partial charge >= 0.3 is 0 Å². The van der Waals surface area contributed by atoms with E-state index in [1.54, 1.807) is 0 Å². The predicted molar refractivity (Wildman–Crippen MR) is 43.8 cm³/mol. The van der Waals surface area contributed by atoms with Crippen molar-refractivity contribution in [2.75, 3.05) is 20.1 Å². The van der Waals surface area contributed by atoms with Crippen LogP contribution in [0.1, 0.15) is 6.42 Å². The van der Waals surface area contributed by atoms with Crippen LogP contribution >= 0.6 is 0 Å². The molecule has 0 amide bonds. The van der Waals surface area contributed by atoms with Gasteiger partial charge in [-0.2, -0.15) is 0 Å². The van der Waals surface area contributed by atoms with Crippen molar-refractivity contribution < 1.29 is 0 Å². The van der Waals surface area contributed by atoms with Crippen LogP contribution in [0.3, 0.4) is 0 Å². The number of rotatable bonds is 1. The molecule has 2 atom stereocenters. The average molecular weight is 140 g/mol. The van der Waals surface area contributed by atoms with Crippen LogP contribution in [0.2, 0.25) is 0 Å². The second-order valence-corrected chi connectivity index (χ2v) is 3.21. The molecule has 2 heteroatoms. The molecular weight excluding hydrogens is 124 g/mol. The van der Waals surface area contributed by atoms with Crippen LogP contribution in [0, 0.1) is 5.92 Å². The predicted octanol–water partition coefficient (Wildman–Crippen LogP) is 0.451. The Labute approximate surface area is 62.7 Å². The first kappa shape index (κ1) is 7.76. The largest absolute Gasteiger partial charge is 0.327 e. The minimum Gasteiger partial charge on any atom is -0.327 e. The Balaban J connectivity index is 2.42. The van der Waals surface area contributed by atoms with Gasteiger partial charge in [-0.15, -0.1) is 6.58 Å². The number of hydrogen-bond donors (Lipinski definition) is 1. The normalized spacial score (nSPS) is 35.8. The van der Waals surface area contributed by atoms with Crippen LogP contribution in [-0.2, 0) is 0 Å². The summed E-state index contributed by atoms with van der Waals surface area (Å²) in [6.07, 6.45) is 3.11. The molecule has 10 heavy (non-hydrogen) atoms. The van der Waals surface area contributed by atoms with Crippen LogP contribution in [0.5, 0.6) is 0 Å². The zero-order chi connectivity index (χ0) is 7.56. The number of nitrogens with zero attached hydrogens (tertiary/aromatic N) is 1. The lowest BCUT2D eigenvalue weighted by atomic mass is 9.95. The van der Waals surface area contributed by atoms with Crippen molar-refractivity contribution >= 4 is 0 Å². The fourth-order valence-corrected chi connectivity index (χ4v) is 1.58. The van der Waals surface area contributed by atoms with E-state index in [9.17, 15) is 0 Å². The lowest BCUT2D eigenvalue weighted by molar-refractivity contribution is 0.214. The first-order valence-electron chi connectivity index (χ1n) is 3.79. The van der Waals surface area contributed by atoms with Gasteiger partial charge in [0.2, 0.25) is 0 Å². The molecule has 0 saturated carbocycles. The smallest absolute Gasteiger partial charge is 0.0173 e. The molecule has 2 N–H and O–H groups in total. The average Bonchev–Trinajstić information content (AvgIpc) is 1.85. The molecule has 0 spiro atoms. The van der Waals surface area contributed by atoms with E-state index in [1.165, 1.54) is 0 Å². The third-order valence-electron chi connectivity index (χ3n) is 2.03. The Morgan fingerprint density at radius 1 is 1.60 bits per heavy atom. The van der Waals surface area contributed by atoms with Gasteiger partial charge in [-0.3, -0.25) is 0 Å². The van der Waals surface area contributed by atoms with E-state index in [0.29, 0.717) is 12.0 Å². The molecular formula is C8H16N2. The van der Waals surface area contributed by atoms with Gasteiger partial charge in [0.1, 0.15) is 0 Å². The second-order valence-electron chi connectivity index (χ2n) is 3.21. The van der Waals surface area contributed by atoms with E-state index in [0.717, 1.165) is 19.5 Å². The summed E-state index contributed by atoms with van der Waals surface area (Å²) in [5.41, 5.74) is 5.80. The number of likely N-dealkylation sites (N-methyl/N-ethyl adjacent to an activating group) is 1. The first-order valence-corrected chi connectivity index (χ1v) is 3.79. The maximum absolute atomic E-state index is 5.80. The van der Waals surface area contributed by atoms with E-state index >= 15 is 0 Å². The molecule has 0 bridgehead atoms. The van der Waals surface area contributed by atoms with Crippen molar-refractivity contribution in [3.05, 3.63) is 12.7 Å². The molecule has 1 aliphatic rings. The molecule has 1 fully saturated rings. The van der Waals surface area contributed by atoms with E-state index in [1.807, 2.05) is 6.08 Å². The Bertz CT molecular complexity index is 112. The lowest BCUT2D eigenvalue weighted by Crippen LogP contribution is -2.44. The molecule has 1 heterocycles. The first-order chi connectivity index (χ1) is 4.72. The van der Waals surface area contributed by atoms with Gasteiger partial charge in [-0.1, -0.05) is 6.08 Å². The molecule has 0 aromatic carbocycles. The molecule has 0 unspecified atom stereocenters. The van der Waals surface area contributed by atoms with Crippen LogP contribution in [0.25, 0.3) is 0 Å². The highest BCUT2D eigenvalue weighted by molar-refractivity contribution is 4.88. The van der Waals surface area contributed by atoms with Crippen molar-refractivity contribution in [3.8, 4) is 0 Å². The molecule has 2 nitrogen and oxygen atoms in total. The summed E-state index contributed by atoms with van der Waals surface area (Å²) in [5, 5.41) is 0. The summed E-state index contributed by atoms with van der Waals surface area (Å²) in [6.45, 7) is 5.93. The number of likely N-dealkylation sites (tertiary alicyclic amines) is 1. The third kappa shape index (κ3) is 1.82. The van der Waals surface area contributed by atoms with E-state index < -0.39 is 0 Å². The van der Waals surface area contributed by atoms with Crippen LogP contribution in [0.4, 0.5) is 0 Å². The molecule has 0 aromatic rings. The van der Waals surface area contributed by atoms with Gasteiger partial charge < -0.3 is 10.6 Å². The monoisotopic (exact) mass is 140 g/mol. The Kier molecular flexibility index (Phi) is 2.46. The fraction of sp³-hybridized carbons (Fsp3) is 0.750. The Morgan fingerprint density at radius 2 is 2.30 bits per heavy atom. The molecule has 1 rings (SSSR count). The topological polar surface area (TPSA) is 29.3 Å². The van der Waals surface area contributed by atoms with Crippen LogP contribution in [0.15, 0.2) is 12.7 Å². The molecule has 1 aliphatic heterocycles. The second kappa shape index (κ2) is 3.17. The minimum absolute atomic E-state index is 0.349. The van der Waals surface area contributed by atoms with Gasteiger partial charge in [0.15, 0.2) is 0 Å². The fourth-order valence-electron chi connectivity index (χ4n) is 1.58. The quantitative estimate of drug-likeness (QED) is 0.536. The third-order valence-corrected chi connectivity index (χ3v) is 2.03. The van der Waals surface area contributed by atoms with E-state index in [4.69, 9.17) is 5.73 Å². The maximum Gasteiger partial charge on any atom is 0.0173 e. The van der Waals surface area contributed by atoms with Gasteiger partial charge in [0, 0.05) is 19.1 Å². The van der Waals surface area contributed by atoms with Gasteiger partial charge in [0.25, 0.3) is 0 Å². The Hall–Kier alpha value is -0.340. The zero-order valence-corrected chi connectivity index (χ0v) is 6.59. The maximum atomic E-state index is 5.80. The molecule has 0 radical (unpaired) electrons. The minimum atomic E-state index is 0.349. The van der Waals surface area contributed by atoms with E-state index in [-0.39, 0.29) is 0 Å². The van der Waals surface area contributed by atoms with Gasteiger partial charge in [0.05, 0.1) is 0 Å². The summed E-state index contributed by atoms with van der Waals surface area (Å²) < 4.78 is 0. The van der Waals surface area contributed by atoms with Gasteiger partial charge in [-0.25, -0.2) is 0 Å². The molecule has 1 saturated heterocycles. The van der Waals surface area contributed by atoms with Crippen molar-refractivity contribution in [1.82, 2.24) is 4.90 Å². The summed E-state index contributed by atoms with van der Waals surface area (Å²) in [6, 6.07) is 0.349. The number of hydrogen-bond acceptors (Lipinski definition) is 2. The highest BCUT2D eigenvalue weighted by atomic mass is 15.1. The summed E-state index contributed by atoms with van der Waals surface area (Å²) in [4.78, 5) is 2.26.